The predicted molar refractivity (Wildman–Crippen MR) is 60.7 cm³/mol. The Morgan fingerprint density at radius 2 is 2.00 bits per heavy atom. The van der Waals surface area contributed by atoms with Crippen LogP contribution in [0.15, 0.2) is 30.3 Å². The fourth-order valence-corrected chi connectivity index (χ4v) is 1.23. The molecule has 4 nitrogen and oxygen atoms in total. The van der Waals surface area contributed by atoms with Gasteiger partial charge in [-0.05, 0) is 12.5 Å². The first-order valence-electron chi connectivity index (χ1n) is 5.14. The highest BCUT2D eigenvalue weighted by atomic mass is 16.5. The minimum absolute atomic E-state index is 0.368. The lowest BCUT2D eigenvalue weighted by molar-refractivity contribution is -0.146. The van der Waals surface area contributed by atoms with Crippen molar-refractivity contribution in [1.82, 2.24) is 0 Å². The summed E-state index contributed by atoms with van der Waals surface area (Å²) in [6.07, 6.45) is -0.368. The molecule has 0 fully saturated rings. The molecule has 0 heterocycles. The second kappa shape index (κ2) is 6.25. The minimum Gasteiger partial charge on any atom is -0.468 e. The van der Waals surface area contributed by atoms with Gasteiger partial charge in [-0.1, -0.05) is 30.3 Å². The fourth-order valence-electron chi connectivity index (χ4n) is 1.23. The van der Waals surface area contributed by atoms with Crippen molar-refractivity contribution in [3.05, 3.63) is 35.9 Å². The van der Waals surface area contributed by atoms with Crippen LogP contribution in [0, 0.1) is 0 Å². The smallest absolute Gasteiger partial charge is 0.325 e. The van der Waals surface area contributed by atoms with Gasteiger partial charge in [-0.3, -0.25) is 4.79 Å². The van der Waals surface area contributed by atoms with Gasteiger partial charge < -0.3 is 15.2 Å². The Morgan fingerprint density at radius 3 is 2.56 bits per heavy atom. The largest absolute Gasteiger partial charge is 0.468 e. The van der Waals surface area contributed by atoms with E-state index in [9.17, 15) is 4.79 Å². The molecule has 0 bridgehead atoms. The third kappa shape index (κ3) is 3.64. The zero-order valence-corrected chi connectivity index (χ0v) is 9.55. The molecule has 4 heteroatoms. The van der Waals surface area contributed by atoms with Crippen molar-refractivity contribution < 1.29 is 14.3 Å². The summed E-state index contributed by atoms with van der Waals surface area (Å²) >= 11 is 0. The van der Waals surface area contributed by atoms with Gasteiger partial charge in [0.25, 0.3) is 0 Å². The van der Waals surface area contributed by atoms with Crippen molar-refractivity contribution in [2.75, 3.05) is 7.11 Å². The molecule has 0 saturated heterocycles. The summed E-state index contributed by atoms with van der Waals surface area (Å²) in [4.78, 5) is 11.1. The first-order chi connectivity index (χ1) is 7.65. The molecule has 0 amide bonds. The number of ether oxygens (including phenoxy) is 2. The van der Waals surface area contributed by atoms with Crippen molar-refractivity contribution in [2.45, 2.75) is 25.7 Å². The first-order valence-corrected chi connectivity index (χ1v) is 5.14. The lowest BCUT2D eigenvalue weighted by Gasteiger charge is -2.18. The third-order valence-electron chi connectivity index (χ3n) is 2.33. The molecular weight excluding hydrogens is 206 g/mol. The topological polar surface area (TPSA) is 61.5 Å². The summed E-state index contributed by atoms with van der Waals surface area (Å²) in [7, 11) is 1.31. The number of rotatable bonds is 5. The van der Waals surface area contributed by atoms with Gasteiger partial charge in [0.1, 0.15) is 6.04 Å². The molecule has 0 aliphatic rings. The summed E-state index contributed by atoms with van der Waals surface area (Å²) in [5.41, 5.74) is 6.68. The zero-order chi connectivity index (χ0) is 12.0. The summed E-state index contributed by atoms with van der Waals surface area (Å²) in [6.45, 7) is 2.19. The molecule has 1 rings (SSSR count). The predicted octanol–water partition coefficient (Wildman–Crippen LogP) is 1.09. The Morgan fingerprint density at radius 1 is 1.38 bits per heavy atom. The molecule has 16 heavy (non-hydrogen) atoms. The van der Waals surface area contributed by atoms with Crippen LogP contribution >= 0.6 is 0 Å². The van der Waals surface area contributed by atoms with Crippen LogP contribution in [0.25, 0.3) is 0 Å². The number of nitrogens with two attached hydrogens (primary N) is 1. The molecule has 2 N–H and O–H groups in total. The summed E-state index contributed by atoms with van der Waals surface area (Å²) < 4.78 is 10.0. The van der Waals surface area contributed by atoms with Gasteiger partial charge in [-0.15, -0.1) is 0 Å². The van der Waals surface area contributed by atoms with Crippen LogP contribution < -0.4 is 5.73 Å². The summed E-state index contributed by atoms with van der Waals surface area (Å²) in [5.74, 6) is -0.458. The number of methoxy groups -OCH3 is 1. The van der Waals surface area contributed by atoms with Gasteiger partial charge in [-0.25, -0.2) is 0 Å². The molecule has 0 aliphatic heterocycles. The maximum Gasteiger partial charge on any atom is 0.325 e. The van der Waals surface area contributed by atoms with E-state index in [1.165, 1.54) is 7.11 Å². The summed E-state index contributed by atoms with van der Waals surface area (Å²) in [6, 6.07) is 8.97. The van der Waals surface area contributed by atoms with Crippen LogP contribution in [0.2, 0.25) is 0 Å². The first kappa shape index (κ1) is 12.7. The SMILES string of the molecule is COC(=O)[C@H](N)[C@H](C)OCc1ccccc1. The van der Waals surface area contributed by atoms with E-state index in [1.54, 1.807) is 6.92 Å². The standard InChI is InChI=1S/C12H17NO3/c1-9(11(13)12(14)15-2)16-8-10-6-4-3-5-7-10/h3-7,9,11H,8,13H2,1-2H3/t9-,11+/m0/s1. The molecule has 1 aromatic rings. The van der Waals surface area contributed by atoms with Crippen molar-refractivity contribution in [1.29, 1.82) is 0 Å². The maximum atomic E-state index is 11.1. The molecule has 1 aromatic carbocycles. The van der Waals surface area contributed by atoms with Crippen molar-refractivity contribution in [3.8, 4) is 0 Å². The van der Waals surface area contributed by atoms with Gasteiger partial charge in [0.05, 0.1) is 19.8 Å². The second-order valence-electron chi connectivity index (χ2n) is 3.55. The Bertz CT molecular complexity index is 326. The van der Waals surface area contributed by atoms with Crippen LogP contribution in [0.1, 0.15) is 12.5 Å². The highest BCUT2D eigenvalue weighted by Crippen LogP contribution is 2.05. The van der Waals surface area contributed by atoms with Gasteiger partial charge >= 0.3 is 5.97 Å². The molecule has 0 saturated carbocycles. The summed E-state index contributed by atoms with van der Waals surface area (Å²) in [5, 5.41) is 0. The Hall–Kier alpha value is -1.39. The van der Waals surface area contributed by atoms with E-state index in [-0.39, 0.29) is 6.10 Å². The number of hydrogen-bond acceptors (Lipinski definition) is 4. The molecule has 0 aromatic heterocycles. The van der Waals surface area contributed by atoms with E-state index in [1.807, 2.05) is 30.3 Å². The Kier molecular flexibility index (Phi) is 4.95. The highest BCUT2D eigenvalue weighted by Gasteiger charge is 2.21. The normalized spacial score (nSPS) is 14.2. The Labute approximate surface area is 95.3 Å². The minimum atomic E-state index is -0.742. The van der Waals surface area contributed by atoms with Gasteiger partial charge in [0.2, 0.25) is 0 Å². The molecule has 2 atom stereocenters. The number of hydrogen-bond donors (Lipinski definition) is 1. The quantitative estimate of drug-likeness (QED) is 0.759. The van der Waals surface area contributed by atoms with E-state index in [0.717, 1.165) is 5.56 Å². The molecule has 0 radical (unpaired) electrons. The van der Waals surface area contributed by atoms with Crippen LogP contribution in [0.3, 0.4) is 0 Å². The van der Waals surface area contributed by atoms with Gasteiger partial charge in [0, 0.05) is 0 Å². The fraction of sp³-hybridized carbons (Fsp3) is 0.417. The van der Waals surface area contributed by atoms with Crippen molar-refractivity contribution in [2.24, 2.45) is 5.73 Å². The maximum absolute atomic E-state index is 11.1. The number of benzene rings is 1. The van der Waals surface area contributed by atoms with Crippen LogP contribution in [-0.2, 0) is 20.9 Å². The lowest BCUT2D eigenvalue weighted by Crippen LogP contribution is -2.42. The van der Waals surface area contributed by atoms with E-state index >= 15 is 0 Å². The van der Waals surface area contributed by atoms with Gasteiger partial charge in [0.15, 0.2) is 0 Å². The zero-order valence-electron chi connectivity index (χ0n) is 9.55. The van der Waals surface area contributed by atoms with Crippen LogP contribution in [0.5, 0.6) is 0 Å². The molecule has 0 unspecified atom stereocenters. The van der Waals surface area contributed by atoms with E-state index in [4.69, 9.17) is 10.5 Å². The molecule has 0 spiro atoms. The molecular formula is C12H17NO3. The number of carbonyl (C=O) groups excluding carboxylic acids is 1. The Balaban J connectivity index is 2.41. The van der Waals surface area contributed by atoms with E-state index in [2.05, 4.69) is 4.74 Å². The van der Waals surface area contributed by atoms with Crippen molar-refractivity contribution >= 4 is 5.97 Å². The monoisotopic (exact) mass is 223 g/mol. The average Bonchev–Trinajstić information content (AvgIpc) is 2.35. The number of carbonyl (C=O) groups is 1. The van der Waals surface area contributed by atoms with Crippen LogP contribution in [-0.4, -0.2) is 25.2 Å². The lowest BCUT2D eigenvalue weighted by atomic mass is 10.2. The average molecular weight is 223 g/mol. The molecule has 88 valence electrons. The van der Waals surface area contributed by atoms with Gasteiger partial charge in [-0.2, -0.15) is 0 Å². The van der Waals surface area contributed by atoms with Crippen molar-refractivity contribution in [3.63, 3.8) is 0 Å². The van der Waals surface area contributed by atoms with Crippen LogP contribution in [0.4, 0.5) is 0 Å². The van der Waals surface area contributed by atoms with E-state index in [0.29, 0.717) is 6.61 Å². The highest BCUT2D eigenvalue weighted by molar-refractivity contribution is 5.75. The van der Waals surface area contributed by atoms with E-state index < -0.39 is 12.0 Å². The second-order valence-corrected chi connectivity index (χ2v) is 3.55. The molecule has 0 aliphatic carbocycles. The third-order valence-corrected chi connectivity index (χ3v) is 2.33. The number of esters is 1.